The zero-order valence-corrected chi connectivity index (χ0v) is 11.1. The van der Waals surface area contributed by atoms with Crippen molar-refractivity contribution < 1.29 is 9.53 Å². The van der Waals surface area contributed by atoms with Crippen LogP contribution in [0.3, 0.4) is 0 Å². The summed E-state index contributed by atoms with van der Waals surface area (Å²) in [4.78, 5) is 11.5. The van der Waals surface area contributed by atoms with Gasteiger partial charge in [-0.15, -0.1) is 0 Å². The molecule has 1 aliphatic heterocycles. The summed E-state index contributed by atoms with van der Waals surface area (Å²) in [5.74, 6) is -0.0173. The lowest BCUT2D eigenvalue weighted by molar-refractivity contribution is -0.148. The van der Waals surface area contributed by atoms with E-state index in [0.29, 0.717) is 6.42 Å². The molecule has 0 saturated carbocycles. The van der Waals surface area contributed by atoms with Gasteiger partial charge in [0, 0.05) is 6.42 Å². The zero-order chi connectivity index (χ0) is 12.3. The van der Waals surface area contributed by atoms with E-state index in [4.69, 9.17) is 4.74 Å². The predicted molar refractivity (Wildman–Crippen MR) is 70.9 cm³/mol. The van der Waals surface area contributed by atoms with Crippen molar-refractivity contribution in [2.24, 2.45) is 0 Å². The summed E-state index contributed by atoms with van der Waals surface area (Å²) in [6, 6.07) is 0. The Kier molecular flexibility index (Phi) is 7.78. The largest absolute Gasteiger partial charge is 0.463 e. The van der Waals surface area contributed by atoms with Crippen LogP contribution in [0.15, 0.2) is 12.2 Å². The Morgan fingerprint density at radius 3 is 2.41 bits per heavy atom. The van der Waals surface area contributed by atoms with Gasteiger partial charge in [0.2, 0.25) is 0 Å². The average Bonchev–Trinajstić information content (AvgIpc) is 2.30. The number of carbonyl (C=O) groups excluding carboxylic acids is 1. The molecule has 98 valence electrons. The number of hydrogen-bond donors (Lipinski definition) is 0. The van der Waals surface area contributed by atoms with Crippen LogP contribution in [-0.2, 0) is 9.53 Å². The van der Waals surface area contributed by atoms with Crippen molar-refractivity contribution in [1.82, 2.24) is 0 Å². The van der Waals surface area contributed by atoms with Gasteiger partial charge in [0.05, 0.1) is 6.10 Å². The lowest BCUT2D eigenvalue weighted by Gasteiger charge is -2.12. The van der Waals surface area contributed by atoms with Crippen LogP contribution in [-0.4, -0.2) is 12.1 Å². The lowest BCUT2D eigenvalue weighted by atomic mass is 10.1. The molecule has 0 aliphatic carbocycles. The molecule has 0 radical (unpaired) electrons. The normalized spacial score (nSPS) is 27.6. The SMILES string of the molecule is CC1CCCCCC/C=C/CCCCC(=O)O1. The number of cyclic esters (lactones) is 1. The second kappa shape index (κ2) is 9.26. The zero-order valence-electron chi connectivity index (χ0n) is 11.1. The Bertz CT molecular complexity index is 233. The van der Waals surface area contributed by atoms with Crippen molar-refractivity contribution in [3.63, 3.8) is 0 Å². The smallest absolute Gasteiger partial charge is 0.306 e. The van der Waals surface area contributed by atoms with Crippen LogP contribution in [0.5, 0.6) is 0 Å². The van der Waals surface area contributed by atoms with E-state index < -0.39 is 0 Å². The van der Waals surface area contributed by atoms with Gasteiger partial charge >= 0.3 is 5.97 Å². The molecular formula is C15H26O2. The first-order chi connectivity index (χ1) is 8.29. The van der Waals surface area contributed by atoms with Crippen molar-refractivity contribution in [2.45, 2.75) is 77.2 Å². The molecule has 1 unspecified atom stereocenters. The van der Waals surface area contributed by atoms with Crippen LogP contribution in [0.1, 0.15) is 71.1 Å². The monoisotopic (exact) mass is 238 g/mol. The fraction of sp³-hybridized carbons (Fsp3) is 0.800. The van der Waals surface area contributed by atoms with E-state index in [0.717, 1.165) is 25.7 Å². The Labute approximate surface area is 105 Å². The number of esters is 1. The molecule has 0 fully saturated rings. The summed E-state index contributed by atoms with van der Waals surface area (Å²) < 4.78 is 5.37. The standard InChI is InChI=1S/C15H26O2/c1-14-12-10-8-6-4-2-3-5-7-9-11-13-15(16)17-14/h3,5,14H,2,4,6-13H2,1H3/b5-3+. The van der Waals surface area contributed by atoms with Gasteiger partial charge < -0.3 is 4.74 Å². The minimum Gasteiger partial charge on any atom is -0.463 e. The van der Waals surface area contributed by atoms with Crippen LogP contribution in [0.4, 0.5) is 0 Å². The number of carbonyl (C=O) groups is 1. The van der Waals surface area contributed by atoms with Crippen LogP contribution >= 0.6 is 0 Å². The summed E-state index contributed by atoms with van der Waals surface area (Å²) in [6.07, 6.45) is 15.6. The van der Waals surface area contributed by atoms with Crippen LogP contribution < -0.4 is 0 Å². The van der Waals surface area contributed by atoms with Crippen LogP contribution in [0.25, 0.3) is 0 Å². The molecule has 1 rings (SSSR count). The second-order valence-corrected chi connectivity index (χ2v) is 5.01. The third-order valence-corrected chi connectivity index (χ3v) is 3.23. The predicted octanol–water partition coefficient (Wildman–Crippen LogP) is 4.39. The van der Waals surface area contributed by atoms with E-state index in [1.807, 2.05) is 6.92 Å². The first-order valence-corrected chi connectivity index (χ1v) is 7.13. The summed E-state index contributed by atoms with van der Waals surface area (Å²) in [6.45, 7) is 2.01. The van der Waals surface area contributed by atoms with Gasteiger partial charge in [-0.3, -0.25) is 4.79 Å². The highest BCUT2D eigenvalue weighted by atomic mass is 16.5. The molecule has 1 atom stereocenters. The van der Waals surface area contributed by atoms with Crippen molar-refractivity contribution in [2.75, 3.05) is 0 Å². The first kappa shape index (κ1) is 14.3. The topological polar surface area (TPSA) is 26.3 Å². The maximum atomic E-state index is 11.5. The molecule has 17 heavy (non-hydrogen) atoms. The van der Waals surface area contributed by atoms with E-state index in [1.54, 1.807) is 0 Å². The molecule has 2 nitrogen and oxygen atoms in total. The molecular weight excluding hydrogens is 212 g/mol. The molecule has 1 aliphatic rings. The maximum absolute atomic E-state index is 11.5. The molecule has 0 aromatic carbocycles. The van der Waals surface area contributed by atoms with Gasteiger partial charge in [-0.05, 0) is 51.9 Å². The fourth-order valence-electron chi connectivity index (χ4n) is 2.16. The van der Waals surface area contributed by atoms with Crippen molar-refractivity contribution >= 4 is 5.97 Å². The summed E-state index contributed by atoms with van der Waals surface area (Å²) >= 11 is 0. The van der Waals surface area contributed by atoms with E-state index in [2.05, 4.69) is 12.2 Å². The van der Waals surface area contributed by atoms with E-state index in [-0.39, 0.29) is 12.1 Å². The number of rotatable bonds is 0. The van der Waals surface area contributed by atoms with Gasteiger partial charge in [-0.2, -0.15) is 0 Å². The van der Waals surface area contributed by atoms with Gasteiger partial charge in [0.25, 0.3) is 0 Å². The minimum atomic E-state index is -0.0173. The Morgan fingerprint density at radius 1 is 1.00 bits per heavy atom. The van der Waals surface area contributed by atoms with Crippen molar-refractivity contribution in [1.29, 1.82) is 0 Å². The molecule has 0 amide bonds. The molecule has 0 aromatic rings. The minimum absolute atomic E-state index is 0.0173. The number of allylic oxidation sites excluding steroid dienone is 2. The molecule has 2 heteroatoms. The summed E-state index contributed by atoms with van der Waals surface area (Å²) in [7, 11) is 0. The van der Waals surface area contributed by atoms with Gasteiger partial charge in [0.15, 0.2) is 0 Å². The van der Waals surface area contributed by atoms with Gasteiger partial charge in [0.1, 0.15) is 0 Å². The maximum Gasteiger partial charge on any atom is 0.306 e. The highest BCUT2D eigenvalue weighted by Crippen LogP contribution is 2.12. The highest BCUT2D eigenvalue weighted by molar-refractivity contribution is 5.69. The van der Waals surface area contributed by atoms with Gasteiger partial charge in [-0.25, -0.2) is 0 Å². The molecule has 0 saturated heterocycles. The van der Waals surface area contributed by atoms with Crippen molar-refractivity contribution in [3.8, 4) is 0 Å². The molecule has 1 heterocycles. The van der Waals surface area contributed by atoms with Gasteiger partial charge in [-0.1, -0.05) is 25.0 Å². The summed E-state index contributed by atoms with van der Waals surface area (Å²) in [5.41, 5.74) is 0. The van der Waals surface area contributed by atoms with Crippen molar-refractivity contribution in [3.05, 3.63) is 12.2 Å². The van der Waals surface area contributed by atoms with E-state index in [9.17, 15) is 4.79 Å². The Morgan fingerprint density at radius 2 is 1.65 bits per heavy atom. The molecule has 0 spiro atoms. The number of ether oxygens (including phenoxy) is 1. The molecule has 0 aromatic heterocycles. The number of hydrogen-bond acceptors (Lipinski definition) is 2. The summed E-state index contributed by atoms with van der Waals surface area (Å²) in [5, 5.41) is 0. The van der Waals surface area contributed by atoms with E-state index >= 15 is 0 Å². The van der Waals surface area contributed by atoms with Crippen LogP contribution in [0, 0.1) is 0 Å². The fourth-order valence-corrected chi connectivity index (χ4v) is 2.16. The quantitative estimate of drug-likeness (QED) is 0.462. The Hall–Kier alpha value is -0.790. The molecule has 0 N–H and O–H groups in total. The average molecular weight is 238 g/mol. The lowest BCUT2D eigenvalue weighted by Crippen LogP contribution is -2.14. The highest BCUT2D eigenvalue weighted by Gasteiger charge is 2.08. The first-order valence-electron chi connectivity index (χ1n) is 7.13. The third kappa shape index (κ3) is 8.00. The third-order valence-electron chi connectivity index (χ3n) is 3.23. The Balaban J connectivity index is 2.29. The second-order valence-electron chi connectivity index (χ2n) is 5.01. The molecule has 0 bridgehead atoms. The van der Waals surface area contributed by atoms with Crippen LogP contribution in [0.2, 0.25) is 0 Å². The van der Waals surface area contributed by atoms with E-state index in [1.165, 1.54) is 32.1 Å².